The van der Waals surface area contributed by atoms with Crippen molar-refractivity contribution in [2.45, 2.75) is 0 Å². The first-order valence-electron chi connectivity index (χ1n) is 7.60. The minimum Gasteiger partial charge on any atom is -0.367 e. The van der Waals surface area contributed by atoms with Crippen LogP contribution < -0.4 is 5.32 Å². The van der Waals surface area contributed by atoms with Gasteiger partial charge in [0.15, 0.2) is 0 Å². The number of halogens is 1. The first kappa shape index (κ1) is 17.3. The molecule has 1 saturated heterocycles. The van der Waals surface area contributed by atoms with E-state index in [1.54, 1.807) is 30.4 Å². The number of carbonyl (C=O) groups excluding carboxylic acids is 2. The number of nitrogens with one attached hydrogen (secondary N) is 1. The molecule has 0 atom stereocenters. The smallest absolute Gasteiger partial charge is 0.295 e. The van der Waals surface area contributed by atoms with Crippen molar-refractivity contribution in [3.05, 3.63) is 82.2 Å². The van der Waals surface area contributed by atoms with Crippen LogP contribution in [0, 0.1) is 0 Å². The van der Waals surface area contributed by atoms with E-state index >= 15 is 0 Å². The number of benzene rings is 2. The van der Waals surface area contributed by atoms with E-state index in [0.717, 1.165) is 23.0 Å². The van der Waals surface area contributed by atoms with Crippen LogP contribution in [0.25, 0.3) is 6.08 Å². The molecule has 25 heavy (non-hydrogen) atoms. The molecule has 0 bridgehead atoms. The number of imide groups is 1. The third-order valence-electron chi connectivity index (χ3n) is 3.48. The van der Waals surface area contributed by atoms with Crippen molar-refractivity contribution in [3.63, 3.8) is 0 Å². The molecule has 0 spiro atoms. The van der Waals surface area contributed by atoms with Gasteiger partial charge in [-0.1, -0.05) is 60.2 Å². The van der Waals surface area contributed by atoms with E-state index in [2.05, 4.69) is 5.32 Å². The van der Waals surface area contributed by atoms with Gasteiger partial charge in [0, 0.05) is 10.7 Å². The highest BCUT2D eigenvalue weighted by Gasteiger charge is 2.34. The Bertz CT molecular complexity index is 850. The zero-order chi connectivity index (χ0) is 17.6. The fourth-order valence-electron chi connectivity index (χ4n) is 2.23. The van der Waals surface area contributed by atoms with Gasteiger partial charge >= 0.3 is 0 Å². The Morgan fingerprint density at radius 1 is 1.08 bits per heavy atom. The largest absolute Gasteiger partial charge is 0.367 e. The topological polar surface area (TPSA) is 49.4 Å². The van der Waals surface area contributed by atoms with Gasteiger partial charge in [0.1, 0.15) is 0 Å². The van der Waals surface area contributed by atoms with Crippen LogP contribution in [0.15, 0.2) is 71.7 Å². The van der Waals surface area contributed by atoms with Gasteiger partial charge in [-0.25, -0.2) is 0 Å². The summed E-state index contributed by atoms with van der Waals surface area (Å²) in [5.74, 6) is -0.303. The fraction of sp³-hybridized carbons (Fsp3) is 0.0526. The number of hydrogen-bond donors (Lipinski definition) is 1. The molecule has 3 rings (SSSR count). The van der Waals surface area contributed by atoms with Gasteiger partial charge < -0.3 is 5.32 Å². The Balaban J connectivity index is 1.63. The van der Waals surface area contributed by atoms with Crippen molar-refractivity contribution in [1.29, 1.82) is 0 Å². The number of thioether (sulfide) groups is 1. The Hall–Kier alpha value is -2.50. The molecule has 126 valence electrons. The van der Waals surface area contributed by atoms with Crippen LogP contribution in [0.1, 0.15) is 5.56 Å². The number of carbonyl (C=O) groups is 2. The highest BCUT2D eigenvalue weighted by Crippen LogP contribution is 2.30. The first-order chi connectivity index (χ1) is 12.1. The van der Waals surface area contributed by atoms with Crippen LogP contribution in [0.3, 0.4) is 0 Å². The molecule has 6 heteroatoms. The summed E-state index contributed by atoms with van der Waals surface area (Å²) >= 11 is 6.86. The summed E-state index contributed by atoms with van der Waals surface area (Å²) in [6, 6.07) is 16.9. The molecule has 0 radical (unpaired) electrons. The van der Waals surface area contributed by atoms with Crippen molar-refractivity contribution in [2.75, 3.05) is 12.0 Å². The second-order valence-electron chi connectivity index (χ2n) is 5.25. The Kier molecular flexibility index (Phi) is 5.58. The number of hydrogen-bond acceptors (Lipinski definition) is 4. The number of rotatable bonds is 5. The van der Waals surface area contributed by atoms with Crippen LogP contribution in [0.2, 0.25) is 5.02 Å². The summed E-state index contributed by atoms with van der Waals surface area (Å²) in [7, 11) is 0. The van der Waals surface area contributed by atoms with E-state index in [1.165, 1.54) is 4.90 Å². The third-order valence-corrected chi connectivity index (χ3v) is 4.64. The molecular formula is C19H15ClN2O2S. The summed E-state index contributed by atoms with van der Waals surface area (Å²) in [6.45, 7) is 0.102. The molecule has 0 aliphatic carbocycles. The van der Waals surface area contributed by atoms with Gasteiger partial charge in [-0.2, -0.15) is 0 Å². The highest BCUT2D eigenvalue weighted by molar-refractivity contribution is 8.18. The van der Waals surface area contributed by atoms with E-state index in [4.69, 9.17) is 11.6 Å². The van der Waals surface area contributed by atoms with Crippen LogP contribution in [0.5, 0.6) is 0 Å². The van der Waals surface area contributed by atoms with Gasteiger partial charge in [-0.3, -0.25) is 14.5 Å². The van der Waals surface area contributed by atoms with Crippen LogP contribution >= 0.6 is 23.4 Å². The molecule has 0 aromatic heterocycles. The summed E-state index contributed by atoms with van der Waals surface area (Å²) in [6.07, 6.45) is 5.33. The molecule has 1 aliphatic heterocycles. The standard InChI is InChI=1S/C19H15ClN2O2S/c20-15-9-5-10-16(12-15)21-13-22-18(23)17(25-19(22)24)11-4-8-14-6-2-1-3-7-14/h1-12,21H,13H2. The maximum absolute atomic E-state index is 12.4. The van der Waals surface area contributed by atoms with Crippen molar-refractivity contribution < 1.29 is 9.59 Å². The van der Waals surface area contributed by atoms with Crippen molar-refractivity contribution in [2.24, 2.45) is 0 Å². The molecule has 4 nitrogen and oxygen atoms in total. The zero-order valence-electron chi connectivity index (χ0n) is 13.2. The van der Waals surface area contributed by atoms with E-state index in [-0.39, 0.29) is 17.8 Å². The number of nitrogens with zero attached hydrogens (tertiary/aromatic N) is 1. The Morgan fingerprint density at radius 2 is 1.88 bits per heavy atom. The molecule has 0 unspecified atom stereocenters. The average Bonchev–Trinajstić information content (AvgIpc) is 2.88. The molecule has 2 aromatic carbocycles. The van der Waals surface area contributed by atoms with Gasteiger partial charge in [-0.15, -0.1) is 0 Å². The molecular weight excluding hydrogens is 356 g/mol. The summed E-state index contributed by atoms with van der Waals surface area (Å²) in [4.78, 5) is 26.0. The molecule has 1 fully saturated rings. The Labute approximate surface area is 155 Å². The second-order valence-corrected chi connectivity index (χ2v) is 6.68. The van der Waals surface area contributed by atoms with Crippen LogP contribution in [-0.2, 0) is 4.79 Å². The number of allylic oxidation sites excluding steroid dienone is 2. The van der Waals surface area contributed by atoms with E-state index in [1.807, 2.05) is 42.5 Å². The normalized spacial score (nSPS) is 16.2. The molecule has 1 heterocycles. The van der Waals surface area contributed by atoms with Crippen molar-refractivity contribution in [3.8, 4) is 0 Å². The minimum absolute atomic E-state index is 0.102. The zero-order valence-corrected chi connectivity index (χ0v) is 14.8. The predicted octanol–water partition coefficient (Wildman–Crippen LogP) is 5.00. The van der Waals surface area contributed by atoms with E-state index in [9.17, 15) is 9.59 Å². The number of anilines is 1. The predicted molar refractivity (Wildman–Crippen MR) is 103 cm³/mol. The third kappa shape index (κ3) is 4.53. The SMILES string of the molecule is O=C1SC(=CC=Cc2ccccc2)C(=O)N1CNc1cccc(Cl)c1. The first-order valence-corrected chi connectivity index (χ1v) is 8.79. The van der Waals surface area contributed by atoms with Crippen LogP contribution in [-0.4, -0.2) is 22.7 Å². The quantitative estimate of drug-likeness (QED) is 0.752. The van der Waals surface area contributed by atoms with Gasteiger partial charge in [-0.05, 0) is 41.6 Å². The van der Waals surface area contributed by atoms with Gasteiger partial charge in [0.2, 0.25) is 0 Å². The lowest BCUT2D eigenvalue weighted by Gasteiger charge is -2.14. The Morgan fingerprint density at radius 3 is 2.64 bits per heavy atom. The maximum Gasteiger partial charge on any atom is 0.295 e. The summed E-state index contributed by atoms with van der Waals surface area (Å²) in [5, 5.41) is 3.33. The molecule has 1 N–H and O–H groups in total. The van der Waals surface area contributed by atoms with E-state index < -0.39 is 0 Å². The van der Waals surface area contributed by atoms with Crippen LogP contribution in [0.4, 0.5) is 10.5 Å². The van der Waals surface area contributed by atoms with Crippen molar-refractivity contribution >= 4 is 46.3 Å². The summed E-state index contributed by atoms with van der Waals surface area (Å²) in [5.41, 5.74) is 1.78. The van der Waals surface area contributed by atoms with Gasteiger partial charge in [0.05, 0.1) is 11.6 Å². The lowest BCUT2D eigenvalue weighted by molar-refractivity contribution is -0.122. The van der Waals surface area contributed by atoms with E-state index in [0.29, 0.717) is 9.93 Å². The molecule has 2 aromatic rings. The highest BCUT2D eigenvalue weighted by atomic mass is 35.5. The monoisotopic (exact) mass is 370 g/mol. The number of amides is 2. The fourth-order valence-corrected chi connectivity index (χ4v) is 3.21. The molecule has 2 amide bonds. The summed E-state index contributed by atoms with van der Waals surface area (Å²) < 4.78 is 0. The average molecular weight is 371 g/mol. The second kappa shape index (κ2) is 8.05. The molecule has 0 saturated carbocycles. The maximum atomic E-state index is 12.4. The molecule has 1 aliphatic rings. The van der Waals surface area contributed by atoms with Gasteiger partial charge in [0.25, 0.3) is 11.1 Å². The lowest BCUT2D eigenvalue weighted by atomic mass is 10.2. The van der Waals surface area contributed by atoms with Crippen molar-refractivity contribution in [1.82, 2.24) is 4.90 Å². The minimum atomic E-state index is -0.303. The lowest BCUT2D eigenvalue weighted by Crippen LogP contribution is -2.33.